The molecule has 0 spiro atoms. The predicted octanol–water partition coefficient (Wildman–Crippen LogP) is 5.55. The van der Waals surface area contributed by atoms with Gasteiger partial charge in [-0.05, 0) is 65.4 Å². The molecule has 1 N–H and O–H groups in total. The van der Waals surface area contributed by atoms with E-state index in [1.54, 1.807) is 24.3 Å². The monoisotopic (exact) mass is 523 g/mol. The van der Waals surface area contributed by atoms with Crippen molar-refractivity contribution in [2.24, 2.45) is 0 Å². The maximum absolute atomic E-state index is 14.6. The summed E-state index contributed by atoms with van der Waals surface area (Å²) in [6.45, 7) is -0.0767. The minimum atomic E-state index is -4.50. The number of halogens is 6. The van der Waals surface area contributed by atoms with Crippen LogP contribution in [-0.4, -0.2) is 41.8 Å². The summed E-state index contributed by atoms with van der Waals surface area (Å²) in [5.74, 6) is -4.09. The molecule has 3 aromatic carbocycles. The molecule has 0 saturated carbocycles. The number of carbonyl (C=O) groups is 1. The van der Waals surface area contributed by atoms with Crippen molar-refractivity contribution in [2.45, 2.75) is 31.5 Å². The lowest BCUT2D eigenvalue weighted by Crippen LogP contribution is -2.51. The van der Waals surface area contributed by atoms with E-state index in [1.807, 2.05) is 0 Å². The second-order valence-electron chi connectivity index (χ2n) is 9.12. The quantitative estimate of drug-likeness (QED) is 0.327. The maximum atomic E-state index is 14.6. The van der Waals surface area contributed by atoms with Crippen LogP contribution in [-0.2, 0) is 23.2 Å². The number of ether oxygens (including phenoxy) is 1. The summed E-state index contributed by atoms with van der Waals surface area (Å²) >= 11 is 0. The number of aliphatic hydroxyl groups is 1. The molecule has 0 saturated heterocycles. The third-order valence-electron chi connectivity index (χ3n) is 6.38. The number of hydrogen-bond acceptors (Lipinski definition) is 3. The van der Waals surface area contributed by atoms with Gasteiger partial charge < -0.3 is 14.7 Å². The number of carbonyl (C=O) groups excluding carboxylic acids is 1. The number of amides is 1. The average Bonchev–Trinajstić information content (AvgIpc) is 2.84. The van der Waals surface area contributed by atoms with Gasteiger partial charge in [-0.1, -0.05) is 24.3 Å². The summed E-state index contributed by atoms with van der Waals surface area (Å²) in [7, 11) is 0. The van der Waals surface area contributed by atoms with Gasteiger partial charge in [0.05, 0.1) is 12.0 Å². The van der Waals surface area contributed by atoms with Gasteiger partial charge in [0.2, 0.25) is 5.91 Å². The first kappa shape index (κ1) is 26.5. The van der Waals surface area contributed by atoms with Crippen LogP contribution in [0, 0.1) is 17.5 Å². The fraction of sp³-hybridized carbons (Fsp3) is 0.296. The summed E-state index contributed by atoms with van der Waals surface area (Å²) in [4.78, 5) is 14.9. The lowest BCUT2D eigenvalue weighted by molar-refractivity contribution is -0.153. The van der Waals surface area contributed by atoms with Crippen molar-refractivity contribution >= 4 is 5.91 Å². The molecular formula is C27H23F6NO3. The first-order valence-electron chi connectivity index (χ1n) is 11.4. The van der Waals surface area contributed by atoms with E-state index in [-0.39, 0.29) is 37.4 Å². The van der Waals surface area contributed by atoms with Crippen molar-refractivity contribution in [2.75, 3.05) is 19.8 Å². The van der Waals surface area contributed by atoms with E-state index >= 15 is 0 Å². The van der Waals surface area contributed by atoms with Crippen LogP contribution in [0.3, 0.4) is 0 Å². The average molecular weight is 523 g/mol. The van der Waals surface area contributed by atoms with Crippen LogP contribution < -0.4 is 4.74 Å². The largest absolute Gasteiger partial charge is 0.484 e. The Morgan fingerprint density at radius 3 is 2.46 bits per heavy atom. The van der Waals surface area contributed by atoms with Gasteiger partial charge in [0.25, 0.3) is 0 Å². The highest BCUT2D eigenvalue weighted by Crippen LogP contribution is 2.40. The zero-order chi connectivity index (χ0) is 27.0. The summed E-state index contributed by atoms with van der Waals surface area (Å²) < 4.78 is 85.0. The van der Waals surface area contributed by atoms with Crippen molar-refractivity contribution in [3.8, 4) is 16.9 Å². The molecular weight excluding hydrogens is 500 g/mol. The van der Waals surface area contributed by atoms with Gasteiger partial charge in [-0.2, -0.15) is 13.2 Å². The molecule has 0 fully saturated rings. The summed E-state index contributed by atoms with van der Waals surface area (Å²) in [5, 5.41) is 9.44. The number of β-amino-alcohol motifs (C(OH)–C–C–N with tert-alkyl or cyclic N) is 1. The molecule has 0 aromatic heterocycles. The van der Waals surface area contributed by atoms with Crippen molar-refractivity contribution in [3.05, 3.63) is 88.7 Å². The molecule has 0 radical (unpaired) electrons. The second-order valence-corrected chi connectivity index (χ2v) is 9.12. The lowest BCUT2D eigenvalue weighted by Gasteiger charge is -2.41. The minimum Gasteiger partial charge on any atom is -0.484 e. The number of nitrogens with zero attached hydrogens (tertiary/aromatic N) is 1. The predicted molar refractivity (Wildman–Crippen MR) is 123 cm³/mol. The molecule has 0 bridgehead atoms. The molecule has 0 aliphatic carbocycles. The highest BCUT2D eigenvalue weighted by Gasteiger charge is 2.44. The van der Waals surface area contributed by atoms with Crippen molar-refractivity contribution in [1.82, 2.24) is 4.90 Å². The fourth-order valence-corrected chi connectivity index (χ4v) is 4.67. The standard InChI is InChI=1S/C27H23F6NO3/c1-26(13-19-9-20(28)12-23(29)24(19)30)22-11-17(5-6-18(22)14-34(7-8-35)25(26)36)16-3-2-4-21(10-16)37-15-27(31,32)33/h2-6,9-12,35H,7-8,13-15H2,1H3. The Morgan fingerprint density at radius 2 is 1.76 bits per heavy atom. The number of fused-ring (bicyclic) bond motifs is 1. The Balaban J connectivity index is 1.78. The molecule has 196 valence electrons. The minimum absolute atomic E-state index is 0.00203. The molecule has 1 aliphatic heterocycles. The molecule has 3 aromatic rings. The zero-order valence-electron chi connectivity index (χ0n) is 19.7. The number of hydrogen-bond donors (Lipinski definition) is 1. The number of alkyl halides is 3. The topological polar surface area (TPSA) is 49.8 Å². The van der Waals surface area contributed by atoms with Gasteiger partial charge in [0.15, 0.2) is 18.2 Å². The maximum Gasteiger partial charge on any atom is 0.422 e. The van der Waals surface area contributed by atoms with E-state index in [2.05, 4.69) is 0 Å². The van der Waals surface area contributed by atoms with E-state index in [0.29, 0.717) is 28.3 Å². The molecule has 1 atom stereocenters. The summed E-state index contributed by atoms with van der Waals surface area (Å²) in [5.41, 5.74) is 0.452. The van der Waals surface area contributed by atoms with Crippen molar-refractivity contribution in [1.29, 1.82) is 0 Å². The Hall–Kier alpha value is -3.53. The first-order valence-corrected chi connectivity index (χ1v) is 11.4. The molecule has 1 amide bonds. The van der Waals surface area contributed by atoms with Crippen LogP contribution in [0.2, 0.25) is 0 Å². The number of benzene rings is 3. The van der Waals surface area contributed by atoms with Crippen LogP contribution in [0.4, 0.5) is 26.3 Å². The van der Waals surface area contributed by atoms with Crippen LogP contribution >= 0.6 is 0 Å². The van der Waals surface area contributed by atoms with Crippen LogP contribution in [0.15, 0.2) is 54.6 Å². The summed E-state index contributed by atoms with van der Waals surface area (Å²) in [6, 6.07) is 12.4. The van der Waals surface area contributed by atoms with E-state index < -0.39 is 41.6 Å². The molecule has 1 unspecified atom stereocenters. The third-order valence-corrected chi connectivity index (χ3v) is 6.38. The van der Waals surface area contributed by atoms with E-state index in [1.165, 1.54) is 30.0 Å². The van der Waals surface area contributed by atoms with E-state index in [0.717, 1.165) is 6.07 Å². The SMILES string of the molecule is CC1(Cc2cc(F)cc(F)c2F)C(=O)N(CCO)Cc2ccc(-c3cccc(OCC(F)(F)F)c3)cc21. The van der Waals surface area contributed by atoms with Gasteiger partial charge in [0, 0.05) is 19.2 Å². The van der Waals surface area contributed by atoms with Gasteiger partial charge in [-0.3, -0.25) is 4.79 Å². The van der Waals surface area contributed by atoms with Crippen LogP contribution in [0.5, 0.6) is 5.75 Å². The van der Waals surface area contributed by atoms with Gasteiger partial charge in [0.1, 0.15) is 11.6 Å². The Morgan fingerprint density at radius 1 is 1.03 bits per heavy atom. The van der Waals surface area contributed by atoms with E-state index in [9.17, 15) is 36.2 Å². The van der Waals surface area contributed by atoms with Crippen LogP contribution in [0.25, 0.3) is 11.1 Å². The fourth-order valence-electron chi connectivity index (χ4n) is 4.67. The molecule has 4 rings (SSSR count). The lowest BCUT2D eigenvalue weighted by atomic mass is 9.71. The van der Waals surface area contributed by atoms with E-state index in [4.69, 9.17) is 4.74 Å². The highest BCUT2D eigenvalue weighted by molar-refractivity contribution is 5.91. The van der Waals surface area contributed by atoms with Crippen molar-refractivity contribution in [3.63, 3.8) is 0 Å². The normalized spacial score (nSPS) is 17.6. The third kappa shape index (κ3) is 5.58. The zero-order valence-corrected chi connectivity index (χ0v) is 19.7. The van der Waals surface area contributed by atoms with Crippen molar-refractivity contribution < 1.29 is 41.0 Å². The second kappa shape index (κ2) is 10.1. The smallest absolute Gasteiger partial charge is 0.422 e. The van der Waals surface area contributed by atoms with Gasteiger partial charge in [-0.25, -0.2) is 13.2 Å². The Kier molecular flexibility index (Phi) is 7.23. The first-order chi connectivity index (χ1) is 17.4. The molecule has 1 aliphatic rings. The number of rotatable bonds is 7. The van der Waals surface area contributed by atoms with Crippen LogP contribution in [0.1, 0.15) is 23.6 Å². The highest BCUT2D eigenvalue weighted by atomic mass is 19.4. The molecule has 10 heteroatoms. The Bertz CT molecular complexity index is 1330. The molecule has 37 heavy (non-hydrogen) atoms. The van der Waals surface area contributed by atoms with Gasteiger partial charge >= 0.3 is 6.18 Å². The Labute approximate surface area is 209 Å². The van der Waals surface area contributed by atoms with Gasteiger partial charge in [-0.15, -0.1) is 0 Å². The molecule has 1 heterocycles. The number of aliphatic hydroxyl groups excluding tert-OH is 1. The molecule has 4 nitrogen and oxygen atoms in total. The summed E-state index contributed by atoms with van der Waals surface area (Å²) in [6.07, 6.45) is -4.87.